The Morgan fingerprint density at radius 2 is 1.92 bits per heavy atom. The first kappa shape index (κ1) is 18.1. The maximum absolute atomic E-state index is 14.0. The molecule has 0 aliphatic carbocycles. The fourth-order valence-corrected chi connectivity index (χ4v) is 3.07. The first-order chi connectivity index (χ1) is 12.4. The van der Waals surface area contributed by atoms with E-state index in [9.17, 15) is 9.18 Å². The molecule has 0 atom stereocenters. The molecule has 1 aromatic heterocycles. The van der Waals surface area contributed by atoms with E-state index >= 15 is 0 Å². The fraction of sp³-hybridized carbons (Fsp3) is 0.200. The molecule has 0 bridgehead atoms. The lowest BCUT2D eigenvalue weighted by Crippen LogP contribution is -2.15. The van der Waals surface area contributed by atoms with Gasteiger partial charge in [0.2, 0.25) is 0 Å². The first-order valence-electron chi connectivity index (χ1n) is 8.21. The highest BCUT2D eigenvalue weighted by molar-refractivity contribution is 6.31. The Kier molecular flexibility index (Phi) is 5.09. The second-order valence-electron chi connectivity index (χ2n) is 6.23. The monoisotopic (exact) mass is 371 g/mol. The summed E-state index contributed by atoms with van der Waals surface area (Å²) >= 11 is 6.21. The minimum Gasteiger partial charge on any atom is -0.319 e. The van der Waals surface area contributed by atoms with E-state index in [1.807, 2.05) is 31.2 Å². The van der Waals surface area contributed by atoms with Crippen molar-refractivity contribution in [2.45, 2.75) is 27.3 Å². The van der Waals surface area contributed by atoms with Crippen LogP contribution in [0.5, 0.6) is 0 Å². The number of hydrogen-bond donors (Lipinski definition) is 1. The van der Waals surface area contributed by atoms with E-state index < -0.39 is 5.82 Å². The second kappa shape index (κ2) is 7.30. The molecule has 4 nitrogen and oxygen atoms in total. The van der Waals surface area contributed by atoms with Crippen molar-refractivity contribution in [3.8, 4) is 0 Å². The molecule has 0 saturated carbocycles. The van der Waals surface area contributed by atoms with Crippen molar-refractivity contribution < 1.29 is 9.18 Å². The van der Waals surface area contributed by atoms with Crippen molar-refractivity contribution in [2.75, 3.05) is 5.32 Å². The largest absolute Gasteiger partial charge is 0.319 e. The lowest BCUT2D eigenvalue weighted by Gasteiger charge is -2.09. The molecule has 0 aliphatic heterocycles. The Hall–Kier alpha value is -2.66. The number of hydrogen-bond acceptors (Lipinski definition) is 2. The van der Waals surface area contributed by atoms with Gasteiger partial charge in [-0.15, -0.1) is 0 Å². The number of aryl methyl sites for hydroxylation is 2. The molecule has 0 spiro atoms. The van der Waals surface area contributed by atoms with Crippen molar-refractivity contribution in [3.05, 3.63) is 81.4 Å². The lowest BCUT2D eigenvalue weighted by molar-refractivity contribution is 0.102. The average molecular weight is 372 g/mol. The van der Waals surface area contributed by atoms with Crippen molar-refractivity contribution >= 4 is 23.2 Å². The van der Waals surface area contributed by atoms with Crippen LogP contribution in [-0.2, 0) is 6.54 Å². The molecular weight excluding hydrogens is 353 g/mol. The predicted octanol–water partition coefficient (Wildman–Crippen LogP) is 4.90. The summed E-state index contributed by atoms with van der Waals surface area (Å²) in [4.78, 5) is 12.7. The normalized spacial score (nSPS) is 10.8. The molecule has 0 fully saturated rings. The second-order valence-corrected chi connectivity index (χ2v) is 6.64. The van der Waals surface area contributed by atoms with Gasteiger partial charge in [-0.05, 0) is 50.1 Å². The van der Waals surface area contributed by atoms with Gasteiger partial charge in [0.05, 0.1) is 23.5 Å². The van der Waals surface area contributed by atoms with Crippen LogP contribution in [0.1, 0.15) is 32.9 Å². The zero-order chi connectivity index (χ0) is 18.8. The SMILES string of the molecule is Cc1ccc(NC(=O)c2c(C)nn(Cc3ccccc3Cl)c2C)c(F)c1. The van der Waals surface area contributed by atoms with Crippen LogP contribution in [0.15, 0.2) is 42.5 Å². The highest BCUT2D eigenvalue weighted by Gasteiger charge is 2.20. The molecule has 2 aromatic carbocycles. The van der Waals surface area contributed by atoms with E-state index in [1.54, 1.807) is 30.7 Å². The number of nitrogens with one attached hydrogen (secondary N) is 1. The van der Waals surface area contributed by atoms with E-state index in [0.29, 0.717) is 28.5 Å². The van der Waals surface area contributed by atoms with E-state index in [1.165, 1.54) is 6.07 Å². The van der Waals surface area contributed by atoms with Crippen LogP contribution in [0.3, 0.4) is 0 Å². The topological polar surface area (TPSA) is 46.9 Å². The summed E-state index contributed by atoms with van der Waals surface area (Å²) in [6, 6.07) is 12.2. The van der Waals surface area contributed by atoms with Gasteiger partial charge in [0.15, 0.2) is 0 Å². The van der Waals surface area contributed by atoms with E-state index in [-0.39, 0.29) is 11.6 Å². The molecule has 1 N–H and O–H groups in total. The van der Waals surface area contributed by atoms with E-state index in [0.717, 1.165) is 11.1 Å². The summed E-state index contributed by atoms with van der Waals surface area (Å²) in [6.45, 7) is 5.83. The van der Waals surface area contributed by atoms with Crippen LogP contribution >= 0.6 is 11.6 Å². The molecule has 3 rings (SSSR count). The highest BCUT2D eigenvalue weighted by Crippen LogP contribution is 2.21. The molecule has 0 radical (unpaired) electrons. The minimum atomic E-state index is -0.461. The molecular formula is C20H19ClFN3O. The van der Waals surface area contributed by atoms with Gasteiger partial charge in [0.25, 0.3) is 5.91 Å². The molecule has 1 heterocycles. The average Bonchev–Trinajstić information content (AvgIpc) is 2.86. The molecule has 0 aliphatic rings. The smallest absolute Gasteiger partial charge is 0.259 e. The van der Waals surface area contributed by atoms with Gasteiger partial charge in [-0.25, -0.2) is 4.39 Å². The van der Waals surface area contributed by atoms with Gasteiger partial charge in [0.1, 0.15) is 5.82 Å². The standard InChI is InChI=1S/C20H19ClFN3O/c1-12-8-9-18(17(22)10-12)23-20(26)19-13(2)24-25(14(19)3)11-15-6-4-5-7-16(15)21/h4-10H,11H2,1-3H3,(H,23,26). The summed E-state index contributed by atoms with van der Waals surface area (Å²) in [5.41, 5.74) is 3.58. The zero-order valence-corrected chi connectivity index (χ0v) is 15.6. The zero-order valence-electron chi connectivity index (χ0n) is 14.8. The maximum Gasteiger partial charge on any atom is 0.259 e. The number of benzene rings is 2. The number of carbonyl (C=O) groups excluding carboxylic acids is 1. The van der Waals surface area contributed by atoms with E-state index in [4.69, 9.17) is 11.6 Å². The summed E-state index contributed by atoms with van der Waals surface area (Å²) in [7, 11) is 0. The Labute approximate surface area is 156 Å². The Morgan fingerprint density at radius 3 is 2.62 bits per heavy atom. The quantitative estimate of drug-likeness (QED) is 0.708. The van der Waals surface area contributed by atoms with Crippen molar-refractivity contribution in [2.24, 2.45) is 0 Å². The lowest BCUT2D eigenvalue weighted by atomic mass is 10.1. The molecule has 6 heteroatoms. The Balaban J connectivity index is 1.87. The number of carbonyl (C=O) groups is 1. The van der Waals surface area contributed by atoms with Gasteiger partial charge >= 0.3 is 0 Å². The summed E-state index contributed by atoms with van der Waals surface area (Å²) in [5, 5.41) is 7.73. The van der Waals surface area contributed by atoms with Crippen LogP contribution in [0, 0.1) is 26.6 Å². The number of halogens is 2. The van der Waals surface area contributed by atoms with Crippen LogP contribution in [0.2, 0.25) is 5.02 Å². The van der Waals surface area contributed by atoms with Gasteiger partial charge in [-0.2, -0.15) is 5.10 Å². The van der Waals surface area contributed by atoms with Crippen LogP contribution in [0.25, 0.3) is 0 Å². The summed E-state index contributed by atoms with van der Waals surface area (Å²) < 4.78 is 15.7. The van der Waals surface area contributed by atoms with E-state index in [2.05, 4.69) is 10.4 Å². The molecule has 0 saturated heterocycles. The van der Waals surface area contributed by atoms with Crippen LogP contribution in [-0.4, -0.2) is 15.7 Å². The molecule has 0 unspecified atom stereocenters. The summed E-state index contributed by atoms with van der Waals surface area (Å²) in [6.07, 6.45) is 0. The molecule has 1 amide bonds. The predicted molar refractivity (Wildman–Crippen MR) is 101 cm³/mol. The van der Waals surface area contributed by atoms with Gasteiger partial charge < -0.3 is 5.32 Å². The number of anilines is 1. The van der Waals surface area contributed by atoms with Crippen LogP contribution < -0.4 is 5.32 Å². The number of aromatic nitrogens is 2. The first-order valence-corrected chi connectivity index (χ1v) is 8.59. The third-order valence-electron chi connectivity index (χ3n) is 4.26. The van der Waals surface area contributed by atoms with Crippen molar-refractivity contribution in [1.29, 1.82) is 0 Å². The third kappa shape index (κ3) is 3.63. The van der Waals surface area contributed by atoms with Gasteiger partial charge in [-0.1, -0.05) is 35.9 Å². The molecule has 3 aromatic rings. The Morgan fingerprint density at radius 1 is 1.19 bits per heavy atom. The van der Waals surface area contributed by atoms with Crippen LogP contribution in [0.4, 0.5) is 10.1 Å². The van der Waals surface area contributed by atoms with Crippen molar-refractivity contribution in [3.63, 3.8) is 0 Å². The van der Waals surface area contributed by atoms with Crippen molar-refractivity contribution in [1.82, 2.24) is 9.78 Å². The number of nitrogens with zero attached hydrogens (tertiary/aromatic N) is 2. The Bertz CT molecular complexity index is 981. The van der Waals surface area contributed by atoms with Gasteiger partial charge in [0, 0.05) is 10.7 Å². The fourth-order valence-electron chi connectivity index (χ4n) is 2.87. The third-order valence-corrected chi connectivity index (χ3v) is 4.63. The molecule has 134 valence electrons. The van der Waals surface area contributed by atoms with Gasteiger partial charge in [-0.3, -0.25) is 9.48 Å². The number of amides is 1. The minimum absolute atomic E-state index is 0.151. The highest BCUT2D eigenvalue weighted by atomic mass is 35.5. The maximum atomic E-state index is 14.0. The summed E-state index contributed by atoms with van der Waals surface area (Å²) in [5.74, 6) is -0.842. The molecule has 26 heavy (non-hydrogen) atoms. The number of rotatable bonds is 4.